The number of aromatic nitrogens is 1. The molecule has 2 aliphatic rings. The highest BCUT2D eigenvalue weighted by atomic mass is 32.2. The lowest BCUT2D eigenvalue weighted by Gasteiger charge is -2.28. The molecule has 2 nitrogen and oxygen atoms in total. The van der Waals surface area contributed by atoms with E-state index in [2.05, 4.69) is 217 Å². The fourth-order valence-corrected chi connectivity index (χ4v) is 12.2. The molecule has 0 bridgehead atoms. The van der Waals surface area contributed by atoms with Crippen molar-refractivity contribution in [3.63, 3.8) is 0 Å². The third kappa shape index (κ3) is 5.37. The maximum absolute atomic E-state index is 2.49. The summed E-state index contributed by atoms with van der Waals surface area (Å²) < 4.78 is 2.47. The molecule has 0 fully saturated rings. The molecule has 280 valence electrons. The quantitative estimate of drug-likeness (QED) is 0.172. The number of anilines is 3. The monoisotopic (exact) mass is 790 g/mol. The fourth-order valence-electron chi connectivity index (χ4n) is 9.62. The Kier molecular flexibility index (Phi) is 7.78. The van der Waals surface area contributed by atoms with Gasteiger partial charge in [-0.15, -0.1) is 0 Å². The van der Waals surface area contributed by atoms with Crippen molar-refractivity contribution in [2.24, 2.45) is 0 Å². The number of para-hydroxylation sites is 2. The second kappa shape index (κ2) is 13.3. The van der Waals surface area contributed by atoms with Crippen LogP contribution in [0.3, 0.4) is 0 Å². The van der Waals surface area contributed by atoms with E-state index in [9.17, 15) is 0 Å². The smallest absolute Gasteiger partial charge is 0.0544 e. The highest BCUT2D eigenvalue weighted by Crippen LogP contribution is 2.59. The molecular weight excluding hydrogens is 753 g/mol. The summed E-state index contributed by atoms with van der Waals surface area (Å²) in [4.78, 5) is 7.83. The van der Waals surface area contributed by atoms with Gasteiger partial charge < -0.3 is 9.47 Å². The summed E-state index contributed by atoms with van der Waals surface area (Å²) in [6, 6.07) is 71.4. The van der Waals surface area contributed by atoms with Crippen LogP contribution >= 0.6 is 23.5 Å². The van der Waals surface area contributed by atoms with E-state index >= 15 is 0 Å². The van der Waals surface area contributed by atoms with Gasteiger partial charge >= 0.3 is 0 Å². The molecule has 4 heteroatoms. The molecule has 0 saturated heterocycles. The van der Waals surface area contributed by atoms with E-state index in [0.717, 1.165) is 17.1 Å². The summed E-state index contributed by atoms with van der Waals surface area (Å²) in [7, 11) is 0. The third-order valence-corrected chi connectivity index (χ3v) is 15.0. The Labute approximate surface area is 352 Å². The SMILES string of the molecule is CC1(C)c2cc3c(cc2-c2ccc4c(c21)Sc1ccccc1S4)c1ccccc1n3-c1ccc(-c2ccc(N(c3ccccc3)c3cccc4ccccc34)cc2)cc1. The zero-order valence-electron chi connectivity index (χ0n) is 32.7. The van der Waals surface area contributed by atoms with Crippen LogP contribution in [-0.2, 0) is 5.41 Å². The Balaban J connectivity index is 0.925. The Morgan fingerprint density at radius 1 is 0.458 bits per heavy atom. The van der Waals surface area contributed by atoms with Gasteiger partial charge in [-0.3, -0.25) is 0 Å². The first-order chi connectivity index (χ1) is 29.0. The molecule has 1 aliphatic carbocycles. The van der Waals surface area contributed by atoms with Crippen molar-refractivity contribution in [2.45, 2.75) is 38.8 Å². The molecule has 0 unspecified atom stereocenters. The Bertz CT molecular complexity index is 3280. The van der Waals surface area contributed by atoms with Gasteiger partial charge in [0.2, 0.25) is 0 Å². The molecule has 2 heterocycles. The Morgan fingerprint density at radius 3 is 1.90 bits per heavy atom. The van der Waals surface area contributed by atoms with Crippen LogP contribution in [0, 0.1) is 0 Å². The molecule has 1 aromatic heterocycles. The van der Waals surface area contributed by atoms with Gasteiger partial charge in [-0.25, -0.2) is 0 Å². The van der Waals surface area contributed by atoms with Crippen molar-refractivity contribution in [1.82, 2.24) is 4.57 Å². The number of rotatable bonds is 5. The summed E-state index contributed by atoms with van der Waals surface area (Å²) in [5.74, 6) is 0. The van der Waals surface area contributed by atoms with E-state index in [0.29, 0.717) is 0 Å². The van der Waals surface area contributed by atoms with Gasteiger partial charge in [0.1, 0.15) is 0 Å². The van der Waals surface area contributed by atoms with E-state index in [1.807, 2.05) is 23.5 Å². The molecule has 0 spiro atoms. The lowest BCUT2D eigenvalue weighted by Crippen LogP contribution is -2.17. The second-order valence-electron chi connectivity index (χ2n) is 16.1. The van der Waals surface area contributed by atoms with Gasteiger partial charge in [-0.1, -0.05) is 153 Å². The lowest BCUT2D eigenvalue weighted by atomic mass is 9.82. The predicted molar refractivity (Wildman–Crippen MR) is 251 cm³/mol. The second-order valence-corrected chi connectivity index (χ2v) is 18.3. The number of hydrogen-bond donors (Lipinski definition) is 0. The van der Waals surface area contributed by atoms with Crippen LogP contribution in [0.5, 0.6) is 0 Å². The van der Waals surface area contributed by atoms with Crippen molar-refractivity contribution in [3.05, 3.63) is 205 Å². The van der Waals surface area contributed by atoms with E-state index in [1.165, 1.54) is 91.2 Å². The Hall–Kier alpha value is -6.46. The molecular formula is C55H38N2S2. The molecule has 12 rings (SSSR count). The number of nitrogens with zero attached hydrogens (tertiary/aromatic N) is 2. The number of benzene rings is 9. The van der Waals surface area contributed by atoms with Crippen LogP contribution < -0.4 is 4.90 Å². The minimum absolute atomic E-state index is 0.148. The predicted octanol–water partition coefficient (Wildman–Crippen LogP) is 16.0. The summed E-state index contributed by atoms with van der Waals surface area (Å²) in [5.41, 5.74) is 14.9. The van der Waals surface area contributed by atoms with Crippen molar-refractivity contribution in [2.75, 3.05) is 4.90 Å². The summed E-state index contributed by atoms with van der Waals surface area (Å²) in [6.45, 7) is 4.84. The molecule has 59 heavy (non-hydrogen) atoms. The standard InChI is InChI=1S/C55H38N2S2/c1-55(2)46-34-49-45(33-44(46)43-31-32-52-54(53(43)55)59-51-22-11-10-21-50(51)58-52)42-18-8-9-19-48(42)57(49)40-29-25-36(26-30-40)35-23-27-39(28-24-35)56(38-15-4-3-5-16-38)47-20-12-14-37-13-6-7-17-41(37)47/h3-34H,1-2H3. The summed E-state index contributed by atoms with van der Waals surface area (Å²) in [6.07, 6.45) is 0. The highest BCUT2D eigenvalue weighted by Gasteiger charge is 2.40. The first-order valence-corrected chi connectivity index (χ1v) is 21.9. The number of hydrogen-bond acceptors (Lipinski definition) is 3. The van der Waals surface area contributed by atoms with Crippen LogP contribution in [0.1, 0.15) is 25.0 Å². The molecule has 10 aromatic rings. The largest absolute Gasteiger partial charge is 0.310 e. The van der Waals surface area contributed by atoms with Crippen LogP contribution in [0.15, 0.2) is 214 Å². The first-order valence-electron chi connectivity index (χ1n) is 20.3. The summed E-state index contributed by atoms with van der Waals surface area (Å²) >= 11 is 3.85. The van der Waals surface area contributed by atoms with Crippen molar-refractivity contribution in [3.8, 4) is 27.9 Å². The van der Waals surface area contributed by atoms with Gasteiger partial charge in [-0.05, 0) is 118 Å². The van der Waals surface area contributed by atoms with Gasteiger partial charge in [0.15, 0.2) is 0 Å². The average Bonchev–Trinajstić information content (AvgIpc) is 3.73. The van der Waals surface area contributed by atoms with Crippen molar-refractivity contribution in [1.29, 1.82) is 0 Å². The van der Waals surface area contributed by atoms with Gasteiger partial charge in [0.25, 0.3) is 0 Å². The van der Waals surface area contributed by atoms with Crippen molar-refractivity contribution < 1.29 is 0 Å². The molecule has 0 amide bonds. The fraction of sp³-hybridized carbons (Fsp3) is 0.0545. The molecule has 1 aliphatic heterocycles. The average molecular weight is 791 g/mol. The van der Waals surface area contributed by atoms with E-state index in [1.54, 1.807) is 0 Å². The molecule has 0 radical (unpaired) electrons. The summed E-state index contributed by atoms with van der Waals surface area (Å²) in [5, 5.41) is 5.03. The highest BCUT2D eigenvalue weighted by molar-refractivity contribution is 8.05. The number of fused-ring (bicyclic) bond motifs is 10. The first kappa shape index (κ1) is 34.6. The molecule has 0 saturated carbocycles. The van der Waals surface area contributed by atoms with Gasteiger partial charge in [0.05, 0.1) is 16.7 Å². The topological polar surface area (TPSA) is 8.17 Å². The Morgan fingerprint density at radius 2 is 1.10 bits per heavy atom. The van der Waals surface area contributed by atoms with Crippen LogP contribution in [0.25, 0.3) is 60.5 Å². The molecule has 9 aromatic carbocycles. The van der Waals surface area contributed by atoms with Crippen LogP contribution in [-0.4, -0.2) is 4.57 Å². The maximum atomic E-state index is 2.49. The van der Waals surface area contributed by atoms with E-state index in [4.69, 9.17) is 0 Å². The van der Waals surface area contributed by atoms with Crippen LogP contribution in [0.4, 0.5) is 17.1 Å². The van der Waals surface area contributed by atoms with Crippen LogP contribution in [0.2, 0.25) is 0 Å². The van der Waals surface area contributed by atoms with Crippen molar-refractivity contribution >= 4 is 73.2 Å². The minimum Gasteiger partial charge on any atom is -0.310 e. The zero-order valence-corrected chi connectivity index (χ0v) is 34.3. The van der Waals surface area contributed by atoms with E-state index < -0.39 is 0 Å². The zero-order chi connectivity index (χ0) is 39.2. The maximum Gasteiger partial charge on any atom is 0.0544 e. The normalized spacial score (nSPS) is 13.6. The molecule has 0 atom stereocenters. The minimum atomic E-state index is -0.148. The third-order valence-electron chi connectivity index (χ3n) is 12.4. The van der Waals surface area contributed by atoms with E-state index in [-0.39, 0.29) is 5.41 Å². The lowest BCUT2D eigenvalue weighted by molar-refractivity contribution is 0.643. The molecule has 0 N–H and O–H groups in total. The van der Waals surface area contributed by atoms with Gasteiger partial charge in [-0.2, -0.15) is 0 Å². The van der Waals surface area contributed by atoms with Gasteiger partial charge in [0, 0.05) is 58.2 Å².